The lowest BCUT2D eigenvalue weighted by atomic mass is 10.1. The molecule has 2 aromatic rings. The minimum absolute atomic E-state index is 0.133. The highest BCUT2D eigenvalue weighted by Gasteiger charge is 2.06. The molecule has 0 heterocycles. The molecule has 2 N–H and O–H groups in total. The van der Waals surface area contributed by atoms with Crippen LogP contribution in [-0.4, -0.2) is 12.5 Å². The van der Waals surface area contributed by atoms with Gasteiger partial charge in [-0.05, 0) is 49.2 Å². The van der Waals surface area contributed by atoms with Crippen molar-refractivity contribution in [3.63, 3.8) is 0 Å². The molecule has 0 fully saturated rings. The van der Waals surface area contributed by atoms with E-state index < -0.39 is 0 Å². The van der Waals surface area contributed by atoms with E-state index in [-0.39, 0.29) is 18.3 Å². The van der Waals surface area contributed by atoms with Crippen LogP contribution in [0.3, 0.4) is 0 Å². The lowest BCUT2D eigenvalue weighted by Crippen LogP contribution is -2.22. The van der Waals surface area contributed by atoms with Gasteiger partial charge in [-0.1, -0.05) is 18.2 Å². The molecule has 0 aliphatic carbocycles. The fourth-order valence-corrected chi connectivity index (χ4v) is 1.95. The number of amides is 1. The van der Waals surface area contributed by atoms with Crippen LogP contribution in [0.15, 0.2) is 42.5 Å². The summed E-state index contributed by atoms with van der Waals surface area (Å²) in [6.45, 7) is 4.05. The molecule has 4 heteroatoms. The molecular weight excluding hydrogens is 255 g/mol. The second kappa shape index (κ2) is 6.19. The molecule has 1 amide bonds. The summed E-state index contributed by atoms with van der Waals surface area (Å²) >= 11 is 0. The van der Waals surface area contributed by atoms with E-state index in [0.717, 1.165) is 16.8 Å². The summed E-state index contributed by atoms with van der Waals surface area (Å²) < 4.78 is 12.8. The van der Waals surface area contributed by atoms with Gasteiger partial charge in [-0.25, -0.2) is 4.39 Å². The Kier molecular flexibility index (Phi) is 4.35. The SMILES string of the molecule is Cc1cccc(C)c1NC(=O)CNc1ccc(F)cc1. The van der Waals surface area contributed by atoms with Gasteiger partial charge in [-0.15, -0.1) is 0 Å². The van der Waals surface area contributed by atoms with Gasteiger partial charge in [0.1, 0.15) is 5.82 Å². The number of halogens is 1. The predicted molar refractivity (Wildman–Crippen MR) is 79.4 cm³/mol. The second-order valence-corrected chi connectivity index (χ2v) is 4.68. The quantitative estimate of drug-likeness (QED) is 0.894. The highest BCUT2D eigenvalue weighted by atomic mass is 19.1. The normalized spacial score (nSPS) is 10.2. The van der Waals surface area contributed by atoms with Gasteiger partial charge in [-0.3, -0.25) is 4.79 Å². The highest BCUT2D eigenvalue weighted by molar-refractivity contribution is 5.95. The zero-order chi connectivity index (χ0) is 14.5. The third kappa shape index (κ3) is 3.57. The van der Waals surface area contributed by atoms with Crippen molar-refractivity contribution in [1.29, 1.82) is 0 Å². The number of aryl methyl sites for hydroxylation is 2. The maximum Gasteiger partial charge on any atom is 0.243 e. The van der Waals surface area contributed by atoms with Crippen molar-refractivity contribution < 1.29 is 9.18 Å². The molecule has 0 aliphatic rings. The second-order valence-electron chi connectivity index (χ2n) is 4.68. The molecule has 0 aliphatic heterocycles. The standard InChI is InChI=1S/C16H17FN2O/c1-11-4-3-5-12(2)16(11)19-15(20)10-18-14-8-6-13(17)7-9-14/h3-9,18H,10H2,1-2H3,(H,19,20). The number of anilines is 2. The average Bonchev–Trinajstić information content (AvgIpc) is 2.42. The first kappa shape index (κ1) is 14.1. The van der Waals surface area contributed by atoms with Crippen LogP contribution in [0.5, 0.6) is 0 Å². The van der Waals surface area contributed by atoms with Gasteiger partial charge in [0.05, 0.1) is 6.54 Å². The number of hydrogen-bond acceptors (Lipinski definition) is 2. The Morgan fingerprint density at radius 1 is 1.05 bits per heavy atom. The zero-order valence-corrected chi connectivity index (χ0v) is 11.5. The maximum absolute atomic E-state index is 12.8. The molecule has 0 saturated heterocycles. The van der Waals surface area contributed by atoms with Gasteiger partial charge >= 0.3 is 0 Å². The molecule has 3 nitrogen and oxygen atoms in total. The van der Waals surface area contributed by atoms with Crippen LogP contribution in [0.2, 0.25) is 0 Å². The molecule has 0 radical (unpaired) electrons. The Morgan fingerprint density at radius 3 is 2.25 bits per heavy atom. The average molecular weight is 272 g/mol. The maximum atomic E-state index is 12.8. The van der Waals surface area contributed by atoms with E-state index in [1.165, 1.54) is 12.1 Å². The first-order valence-electron chi connectivity index (χ1n) is 6.42. The van der Waals surface area contributed by atoms with Crippen molar-refractivity contribution in [2.75, 3.05) is 17.2 Å². The van der Waals surface area contributed by atoms with Gasteiger partial charge in [-0.2, -0.15) is 0 Å². The summed E-state index contributed by atoms with van der Waals surface area (Å²) in [5, 5.41) is 5.84. The Balaban J connectivity index is 1.94. The van der Waals surface area contributed by atoms with E-state index in [0.29, 0.717) is 5.69 Å². The van der Waals surface area contributed by atoms with Crippen LogP contribution in [0, 0.1) is 19.7 Å². The van der Waals surface area contributed by atoms with E-state index in [4.69, 9.17) is 0 Å². The van der Waals surface area contributed by atoms with Crippen molar-refractivity contribution in [3.05, 3.63) is 59.4 Å². The molecule has 0 unspecified atom stereocenters. The van der Waals surface area contributed by atoms with Crippen LogP contribution in [0.1, 0.15) is 11.1 Å². The lowest BCUT2D eigenvalue weighted by Gasteiger charge is -2.12. The number of benzene rings is 2. The molecular formula is C16H17FN2O. The first-order valence-corrected chi connectivity index (χ1v) is 6.42. The van der Waals surface area contributed by atoms with E-state index in [1.54, 1.807) is 12.1 Å². The van der Waals surface area contributed by atoms with Crippen LogP contribution in [-0.2, 0) is 4.79 Å². The van der Waals surface area contributed by atoms with E-state index in [1.807, 2.05) is 32.0 Å². The number of hydrogen-bond donors (Lipinski definition) is 2. The summed E-state index contributed by atoms with van der Waals surface area (Å²) in [7, 11) is 0. The summed E-state index contributed by atoms with van der Waals surface area (Å²) in [4.78, 5) is 11.9. The van der Waals surface area contributed by atoms with Crippen molar-refractivity contribution >= 4 is 17.3 Å². The third-order valence-corrected chi connectivity index (χ3v) is 3.04. The van der Waals surface area contributed by atoms with Gasteiger partial charge in [0.25, 0.3) is 0 Å². The number of rotatable bonds is 4. The van der Waals surface area contributed by atoms with Gasteiger partial charge in [0, 0.05) is 11.4 Å². The molecule has 2 aromatic carbocycles. The van der Waals surface area contributed by atoms with E-state index >= 15 is 0 Å². The van der Waals surface area contributed by atoms with Crippen molar-refractivity contribution in [3.8, 4) is 0 Å². The van der Waals surface area contributed by atoms with Gasteiger partial charge in [0.15, 0.2) is 0 Å². The zero-order valence-electron chi connectivity index (χ0n) is 11.5. The molecule has 104 valence electrons. The van der Waals surface area contributed by atoms with Gasteiger partial charge < -0.3 is 10.6 Å². The summed E-state index contributed by atoms with van der Waals surface area (Å²) in [5.74, 6) is -0.428. The number of para-hydroxylation sites is 1. The summed E-state index contributed by atoms with van der Waals surface area (Å²) in [5.41, 5.74) is 3.61. The number of carbonyl (C=O) groups excluding carboxylic acids is 1. The van der Waals surface area contributed by atoms with Crippen LogP contribution in [0.25, 0.3) is 0 Å². The fraction of sp³-hybridized carbons (Fsp3) is 0.188. The Bertz CT molecular complexity index is 588. The molecule has 0 aromatic heterocycles. The monoisotopic (exact) mass is 272 g/mol. The molecule has 0 atom stereocenters. The highest BCUT2D eigenvalue weighted by Crippen LogP contribution is 2.19. The Hall–Kier alpha value is -2.36. The molecule has 0 spiro atoms. The smallest absolute Gasteiger partial charge is 0.243 e. The van der Waals surface area contributed by atoms with Crippen molar-refractivity contribution in [2.45, 2.75) is 13.8 Å². The fourth-order valence-electron chi connectivity index (χ4n) is 1.95. The van der Waals surface area contributed by atoms with Crippen LogP contribution in [0.4, 0.5) is 15.8 Å². The Morgan fingerprint density at radius 2 is 1.65 bits per heavy atom. The summed E-state index contributed by atoms with van der Waals surface area (Å²) in [6.07, 6.45) is 0. The third-order valence-electron chi connectivity index (χ3n) is 3.04. The number of nitrogens with one attached hydrogen (secondary N) is 2. The van der Waals surface area contributed by atoms with Gasteiger partial charge in [0.2, 0.25) is 5.91 Å². The predicted octanol–water partition coefficient (Wildman–Crippen LogP) is 3.49. The molecule has 2 rings (SSSR count). The minimum Gasteiger partial charge on any atom is -0.376 e. The Labute approximate surface area is 117 Å². The largest absolute Gasteiger partial charge is 0.376 e. The van der Waals surface area contributed by atoms with E-state index in [9.17, 15) is 9.18 Å². The minimum atomic E-state index is -0.296. The van der Waals surface area contributed by atoms with Crippen molar-refractivity contribution in [1.82, 2.24) is 0 Å². The van der Waals surface area contributed by atoms with Crippen LogP contribution >= 0.6 is 0 Å². The molecule has 20 heavy (non-hydrogen) atoms. The molecule has 0 saturated carbocycles. The first-order chi connectivity index (χ1) is 9.56. The molecule has 0 bridgehead atoms. The lowest BCUT2D eigenvalue weighted by molar-refractivity contribution is -0.114. The van der Waals surface area contributed by atoms with E-state index in [2.05, 4.69) is 10.6 Å². The number of carbonyl (C=O) groups is 1. The topological polar surface area (TPSA) is 41.1 Å². The van der Waals surface area contributed by atoms with Crippen LogP contribution < -0.4 is 10.6 Å². The summed E-state index contributed by atoms with van der Waals surface area (Å²) in [6, 6.07) is 11.8. The van der Waals surface area contributed by atoms with Crippen molar-refractivity contribution in [2.24, 2.45) is 0 Å².